The monoisotopic (exact) mass is 389 g/mol. The molecule has 0 saturated heterocycles. The molecule has 0 fully saturated rings. The zero-order valence-electron chi connectivity index (χ0n) is 17.2. The van der Waals surface area contributed by atoms with Crippen LogP contribution >= 0.6 is 0 Å². The molecule has 4 nitrogen and oxygen atoms in total. The van der Waals surface area contributed by atoms with Crippen molar-refractivity contribution in [1.82, 2.24) is 4.90 Å². The minimum atomic E-state index is 0.322. The Kier molecular flexibility index (Phi) is 5.72. The van der Waals surface area contributed by atoms with Gasteiger partial charge >= 0.3 is 0 Å². The van der Waals surface area contributed by atoms with Crippen LogP contribution in [0.5, 0.6) is 23.0 Å². The summed E-state index contributed by atoms with van der Waals surface area (Å²) in [6.07, 6.45) is 1.95. The number of hydrogen-bond donors (Lipinski definition) is 0. The van der Waals surface area contributed by atoms with Crippen LogP contribution in [0, 0.1) is 0 Å². The van der Waals surface area contributed by atoms with Gasteiger partial charge in [-0.15, -0.1) is 0 Å². The van der Waals surface area contributed by atoms with Gasteiger partial charge in [0.15, 0.2) is 11.5 Å². The quantitative estimate of drug-likeness (QED) is 0.575. The summed E-state index contributed by atoms with van der Waals surface area (Å²) < 4.78 is 17.0. The van der Waals surface area contributed by atoms with E-state index in [1.54, 1.807) is 14.2 Å². The molecule has 0 spiro atoms. The Bertz CT molecular complexity index is 971. The normalized spacial score (nSPS) is 16.2. The van der Waals surface area contributed by atoms with E-state index in [0.717, 1.165) is 42.4 Å². The Hall–Kier alpha value is -2.98. The van der Waals surface area contributed by atoms with Crippen LogP contribution in [-0.2, 0) is 12.8 Å². The van der Waals surface area contributed by atoms with Crippen LogP contribution in [0.15, 0.2) is 66.7 Å². The van der Waals surface area contributed by atoms with Crippen molar-refractivity contribution in [2.75, 3.05) is 27.8 Å². The summed E-state index contributed by atoms with van der Waals surface area (Å²) in [5, 5.41) is 0. The van der Waals surface area contributed by atoms with Crippen molar-refractivity contribution in [3.8, 4) is 23.0 Å². The Morgan fingerprint density at radius 1 is 0.862 bits per heavy atom. The Balaban J connectivity index is 1.62. The number of hydrogen-bond acceptors (Lipinski definition) is 4. The standard InChI is InChI=1S/C25H27NO3/c1-26-14-13-19-17-21(27-2)10-11-22(19)23(26)15-18-9-12-24(28-3)25(16-18)29-20-7-5-4-6-8-20/h4-12,16-17,23H,13-15H2,1-3H3/t23-/m1/s1. The number of likely N-dealkylation sites (N-methyl/N-ethyl adjacent to an activating group) is 1. The molecule has 0 bridgehead atoms. The van der Waals surface area contributed by atoms with Crippen LogP contribution in [0.1, 0.15) is 22.7 Å². The van der Waals surface area contributed by atoms with Crippen LogP contribution < -0.4 is 14.2 Å². The highest BCUT2D eigenvalue weighted by Gasteiger charge is 2.25. The number of methoxy groups -OCH3 is 2. The minimum Gasteiger partial charge on any atom is -0.497 e. The topological polar surface area (TPSA) is 30.9 Å². The summed E-state index contributed by atoms with van der Waals surface area (Å²) in [6, 6.07) is 22.8. The molecule has 1 heterocycles. The van der Waals surface area contributed by atoms with Crippen molar-refractivity contribution in [1.29, 1.82) is 0 Å². The molecule has 0 aliphatic carbocycles. The molecule has 0 radical (unpaired) electrons. The number of rotatable bonds is 6. The van der Waals surface area contributed by atoms with Crippen molar-refractivity contribution in [2.45, 2.75) is 18.9 Å². The van der Waals surface area contributed by atoms with Crippen LogP contribution in [0.4, 0.5) is 0 Å². The number of fused-ring (bicyclic) bond motifs is 1. The van der Waals surface area contributed by atoms with Gasteiger partial charge in [0.25, 0.3) is 0 Å². The van der Waals surface area contributed by atoms with E-state index in [1.807, 2.05) is 36.4 Å². The summed E-state index contributed by atoms with van der Waals surface area (Å²) in [7, 11) is 5.59. The third kappa shape index (κ3) is 4.22. The molecule has 1 aliphatic heterocycles. The first-order chi connectivity index (χ1) is 14.2. The Morgan fingerprint density at radius 2 is 1.69 bits per heavy atom. The molecule has 150 valence electrons. The van der Waals surface area contributed by atoms with Gasteiger partial charge in [0, 0.05) is 12.6 Å². The summed E-state index contributed by atoms with van der Waals surface area (Å²) in [5.41, 5.74) is 3.97. The highest BCUT2D eigenvalue weighted by atomic mass is 16.5. The average molecular weight is 389 g/mol. The minimum absolute atomic E-state index is 0.322. The van der Waals surface area contributed by atoms with E-state index in [2.05, 4.69) is 42.3 Å². The lowest BCUT2D eigenvalue weighted by Crippen LogP contribution is -2.33. The molecule has 1 aliphatic rings. The maximum Gasteiger partial charge on any atom is 0.169 e. The third-order valence-electron chi connectivity index (χ3n) is 5.60. The van der Waals surface area contributed by atoms with Gasteiger partial charge in [0.05, 0.1) is 14.2 Å². The lowest BCUT2D eigenvalue weighted by Gasteiger charge is -2.35. The first-order valence-corrected chi connectivity index (χ1v) is 9.95. The second-order valence-electron chi connectivity index (χ2n) is 7.42. The van der Waals surface area contributed by atoms with Crippen molar-refractivity contribution in [3.05, 3.63) is 83.4 Å². The van der Waals surface area contributed by atoms with E-state index in [1.165, 1.54) is 16.7 Å². The van der Waals surface area contributed by atoms with Gasteiger partial charge in [-0.05, 0) is 73.0 Å². The Labute approximate surface area is 172 Å². The van der Waals surface area contributed by atoms with Crippen LogP contribution in [0.2, 0.25) is 0 Å². The molecular formula is C25H27NO3. The zero-order chi connectivity index (χ0) is 20.2. The van der Waals surface area contributed by atoms with Gasteiger partial charge in [-0.25, -0.2) is 0 Å². The summed E-state index contributed by atoms with van der Waals surface area (Å²) in [5.74, 6) is 3.20. The lowest BCUT2D eigenvalue weighted by molar-refractivity contribution is 0.229. The SMILES string of the molecule is COc1ccc2c(c1)CCN(C)[C@@H]2Cc1ccc(OC)c(Oc2ccccc2)c1. The van der Waals surface area contributed by atoms with Crippen molar-refractivity contribution >= 4 is 0 Å². The molecule has 0 unspecified atom stereocenters. The van der Waals surface area contributed by atoms with Gasteiger partial charge in [-0.3, -0.25) is 4.90 Å². The highest BCUT2D eigenvalue weighted by Crippen LogP contribution is 2.37. The molecule has 3 aromatic carbocycles. The second kappa shape index (κ2) is 8.58. The number of ether oxygens (including phenoxy) is 3. The van der Waals surface area contributed by atoms with E-state index >= 15 is 0 Å². The van der Waals surface area contributed by atoms with Crippen molar-refractivity contribution < 1.29 is 14.2 Å². The first kappa shape index (κ1) is 19.3. The Morgan fingerprint density at radius 3 is 2.45 bits per heavy atom. The molecule has 3 aromatic rings. The van der Waals surface area contributed by atoms with Crippen LogP contribution in [0.25, 0.3) is 0 Å². The molecule has 0 aromatic heterocycles. The van der Waals surface area contributed by atoms with Crippen LogP contribution in [-0.4, -0.2) is 32.7 Å². The molecule has 1 atom stereocenters. The van der Waals surface area contributed by atoms with Gasteiger partial charge in [0.1, 0.15) is 11.5 Å². The molecule has 0 amide bonds. The highest BCUT2D eigenvalue weighted by molar-refractivity contribution is 5.46. The largest absolute Gasteiger partial charge is 0.497 e. The fourth-order valence-corrected chi connectivity index (χ4v) is 3.97. The molecule has 4 heteroatoms. The third-order valence-corrected chi connectivity index (χ3v) is 5.60. The number of nitrogens with zero attached hydrogens (tertiary/aromatic N) is 1. The molecule has 0 saturated carbocycles. The van der Waals surface area contributed by atoms with Crippen molar-refractivity contribution in [2.24, 2.45) is 0 Å². The van der Waals surface area contributed by atoms with Gasteiger partial charge in [0.2, 0.25) is 0 Å². The van der Waals surface area contributed by atoms with E-state index < -0.39 is 0 Å². The van der Waals surface area contributed by atoms with E-state index in [-0.39, 0.29) is 0 Å². The summed E-state index contributed by atoms with van der Waals surface area (Å²) in [4.78, 5) is 2.43. The zero-order valence-corrected chi connectivity index (χ0v) is 17.2. The van der Waals surface area contributed by atoms with E-state index in [0.29, 0.717) is 6.04 Å². The van der Waals surface area contributed by atoms with Gasteiger partial charge in [-0.2, -0.15) is 0 Å². The van der Waals surface area contributed by atoms with Gasteiger partial charge < -0.3 is 14.2 Å². The van der Waals surface area contributed by atoms with E-state index in [9.17, 15) is 0 Å². The lowest BCUT2D eigenvalue weighted by atomic mass is 9.89. The van der Waals surface area contributed by atoms with Gasteiger partial charge in [-0.1, -0.05) is 30.3 Å². The van der Waals surface area contributed by atoms with E-state index in [4.69, 9.17) is 14.2 Å². The van der Waals surface area contributed by atoms with Crippen LogP contribution in [0.3, 0.4) is 0 Å². The summed E-state index contributed by atoms with van der Waals surface area (Å²) in [6.45, 7) is 1.04. The molecule has 0 N–H and O–H groups in total. The maximum atomic E-state index is 6.10. The molecule has 4 rings (SSSR count). The number of benzene rings is 3. The summed E-state index contributed by atoms with van der Waals surface area (Å²) >= 11 is 0. The first-order valence-electron chi connectivity index (χ1n) is 9.95. The fourth-order valence-electron chi connectivity index (χ4n) is 3.97. The maximum absolute atomic E-state index is 6.10. The molecule has 29 heavy (non-hydrogen) atoms. The smallest absolute Gasteiger partial charge is 0.169 e. The number of para-hydroxylation sites is 1. The second-order valence-corrected chi connectivity index (χ2v) is 7.42. The fraction of sp³-hybridized carbons (Fsp3) is 0.280. The van der Waals surface area contributed by atoms with Crippen molar-refractivity contribution in [3.63, 3.8) is 0 Å². The molecular weight excluding hydrogens is 362 g/mol. The predicted octanol–water partition coefficient (Wildman–Crippen LogP) is 5.27. The predicted molar refractivity (Wildman–Crippen MR) is 115 cm³/mol. The average Bonchev–Trinajstić information content (AvgIpc) is 2.76.